The average molecular weight is 369 g/mol. The summed E-state index contributed by atoms with van der Waals surface area (Å²) >= 11 is 3.24. The second-order valence-corrected chi connectivity index (χ2v) is 7.55. The van der Waals surface area contributed by atoms with Gasteiger partial charge in [-0.1, -0.05) is 47.4 Å². The maximum Gasteiger partial charge on any atom is 0.194 e. The first kappa shape index (κ1) is 14.9. The van der Waals surface area contributed by atoms with E-state index in [0.29, 0.717) is 18.1 Å². The van der Waals surface area contributed by atoms with Gasteiger partial charge in [0.05, 0.1) is 21.7 Å². The fourth-order valence-electron chi connectivity index (χ4n) is 2.82. The van der Waals surface area contributed by atoms with Crippen LogP contribution in [0.25, 0.3) is 21.6 Å². The number of hydrogen-bond acceptors (Lipinski definition) is 6. The lowest BCUT2D eigenvalue weighted by atomic mass is 10.2. The molecule has 2 aromatic heterocycles. The van der Waals surface area contributed by atoms with Gasteiger partial charge in [0.25, 0.3) is 0 Å². The van der Waals surface area contributed by atoms with Gasteiger partial charge in [-0.3, -0.25) is 4.57 Å². The minimum atomic E-state index is -0.292. The molecule has 0 fully saturated rings. The summed E-state index contributed by atoms with van der Waals surface area (Å²) in [6, 6.07) is 14.8. The fourth-order valence-corrected chi connectivity index (χ4v) is 4.74. The van der Waals surface area contributed by atoms with E-state index in [1.54, 1.807) is 41.3 Å². The Labute approximate surface area is 151 Å². The van der Waals surface area contributed by atoms with Gasteiger partial charge in [-0.05, 0) is 24.3 Å². The maximum atomic E-state index is 14.2. The first-order chi connectivity index (χ1) is 12.3. The standard InChI is InChI=1S/C17H12FN5S2/c18-12-6-2-1-5-11(12)15-20-21-17-23(15)9-22(10-24-17)16-19-13-7-3-4-8-14(13)25-16/h1-8H,9-10H2. The van der Waals surface area contributed by atoms with Gasteiger partial charge in [0.1, 0.15) is 12.5 Å². The average Bonchev–Trinajstić information content (AvgIpc) is 3.25. The minimum absolute atomic E-state index is 0.292. The predicted octanol–water partition coefficient (Wildman–Crippen LogP) is 4.22. The Bertz CT molecular complexity index is 1040. The van der Waals surface area contributed by atoms with Crippen LogP contribution < -0.4 is 4.90 Å². The van der Waals surface area contributed by atoms with Crippen molar-refractivity contribution in [2.24, 2.45) is 0 Å². The molecule has 4 aromatic rings. The molecule has 5 nitrogen and oxygen atoms in total. The molecule has 5 rings (SSSR count). The smallest absolute Gasteiger partial charge is 0.194 e. The van der Waals surface area contributed by atoms with Crippen LogP contribution in [0.4, 0.5) is 9.52 Å². The molecule has 8 heteroatoms. The number of thiazole rings is 1. The number of benzene rings is 2. The van der Waals surface area contributed by atoms with Crippen LogP contribution in [0.1, 0.15) is 0 Å². The SMILES string of the molecule is Fc1ccccc1-c1nnc2n1CN(c1nc3ccccc3s1)CS2. The summed E-state index contributed by atoms with van der Waals surface area (Å²) in [6.45, 7) is 0.554. The molecule has 0 atom stereocenters. The molecule has 0 N–H and O–H groups in total. The number of para-hydroxylation sites is 1. The molecule has 1 aliphatic rings. The Balaban J connectivity index is 1.54. The molecule has 0 spiro atoms. The summed E-state index contributed by atoms with van der Waals surface area (Å²) in [7, 11) is 0. The van der Waals surface area contributed by atoms with Crippen molar-refractivity contribution in [1.82, 2.24) is 19.7 Å². The van der Waals surface area contributed by atoms with Crippen LogP contribution in [0.15, 0.2) is 53.7 Å². The van der Waals surface area contributed by atoms with E-state index in [0.717, 1.165) is 26.4 Å². The summed E-state index contributed by atoms with van der Waals surface area (Å²) in [6.07, 6.45) is 0. The summed E-state index contributed by atoms with van der Waals surface area (Å²) in [5.74, 6) is 1.00. The number of thioether (sulfide) groups is 1. The lowest BCUT2D eigenvalue weighted by Crippen LogP contribution is -2.30. The molecule has 0 amide bonds. The highest BCUT2D eigenvalue weighted by Gasteiger charge is 2.25. The van der Waals surface area contributed by atoms with E-state index in [2.05, 4.69) is 21.2 Å². The topological polar surface area (TPSA) is 46.8 Å². The molecule has 0 radical (unpaired) electrons. The highest BCUT2D eigenvalue weighted by molar-refractivity contribution is 7.99. The second-order valence-electron chi connectivity index (χ2n) is 5.63. The lowest BCUT2D eigenvalue weighted by molar-refractivity contribution is 0.598. The van der Waals surface area contributed by atoms with Gasteiger partial charge in [-0.2, -0.15) is 0 Å². The zero-order chi connectivity index (χ0) is 16.8. The molecular formula is C17H12FN5S2. The normalized spacial score (nSPS) is 14.0. The van der Waals surface area contributed by atoms with E-state index in [4.69, 9.17) is 4.98 Å². The van der Waals surface area contributed by atoms with Crippen LogP contribution in [-0.4, -0.2) is 25.6 Å². The largest absolute Gasteiger partial charge is 0.320 e. The lowest BCUT2D eigenvalue weighted by Gasteiger charge is -2.27. The van der Waals surface area contributed by atoms with Crippen LogP contribution >= 0.6 is 23.1 Å². The number of rotatable bonds is 2. The van der Waals surface area contributed by atoms with E-state index in [1.165, 1.54) is 6.07 Å². The second kappa shape index (κ2) is 5.82. The van der Waals surface area contributed by atoms with Crippen molar-refractivity contribution in [2.45, 2.75) is 11.8 Å². The Morgan fingerprint density at radius 2 is 1.84 bits per heavy atom. The van der Waals surface area contributed by atoms with E-state index >= 15 is 0 Å². The van der Waals surface area contributed by atoms with Gasteiger partial charge in [-0.25, -0.2) is 9.37 Å². The zero-order valence-electron chi connectivity index (χ0n) is 13.0. The van der Waals surface area contributed by atoms with Crippen molar-refractivity contribution >= 4 is 38.4 Å². The Hall–Kier alpha value is -2.45. The van der Waals surface area contributed by atoms with Crippen LogP contribution in [-0.2, 0) is 6.67 Å². The highest BCUT2D eigenvalue weighted by Crippen LogP contribution is 2.35. The van der Waals surface area contributed by atoms with Crippen LogP contribution in [0, 0.1) is 5.82 Å². The third kappa shape index (κ3) is 2.49. The Morgan fingerprint density at radius 1 is 1.00 bits per heavy atom. The van der Waals surface area contributed by atoms with Gasteiger partial charge in [0, 0.05) is 0 Å². The summed E-state index contributed by atoms with van der Waals surface area (Å²) in [4.78, 5) is 6.88. The van der Waals surface area contributed by atoms with Gasteiger partial charge >= 0.3 is 0 Å². The predicted molar refractivity (Wildman–Crippen MR) is 98.2 cm³/mol. The quantitative estimate of drug-likeness (QED) is 0.529. The van der Waals surface area contributed by atoms with Gasteiger partial charge < -0.3 is 4.90 Å². The number of anilines is 1. The molecule has 3 heterocycles. The van der Waals surface area contributed by atoms with Crippen molar-refractivity contribution in [2.75, 3.05) is 10.8 Å². The number of halogens is 1. The molecular weight excluding hydrogens is 357 g/mol. The van der Waals surface area contributed by atoms with Gasteiger partial charge in [-0.15, -0.1) is 10.2 Å². The monoisotopic (exact) mass is 369 g/mol. The number of aromatic nitrogens is 4. The summed E-state index contributed by atoms with van der Waals surface area (Å²) in [5, 5.41) is 10.2. The van der Waals surface area contributed by atoms with Crippen LogP contribution in [0.5, 0.6) is 0 Å². The van der Waals surface area contributed by atoms with Crippen molar-refractivity contribution < 1.29 is 4.39 Å². The highest BCUT2D eigenvalue weighted by atomic mass is 32.2. The molecule has 124 valence electrons. The number of fused-ring (bicyclic) bond motifs is 2. The molecule has 0 aliphatic carbocycles. The minimum Gasteiger partial charge on any atom is -0.320 e. The molecule has 0 saturated heterocycles. The summed E-state index contributed by atoms with van der Waals surface area (Å²) in [5.41, 5.74) is 1.46. The first-order valence-corrected chi connectivity index (χ1v) is 9.51. The molecule has 2 aromatic carbocycles. The molecule has 0 unspecified atom stereocenters. The molecule has 1 aliphatic heterocycles. The van der Waals surface area contributed by atoms with E-state index in [9.17, 15) is 4.39 Å². The number of hydrogen-bond donors (Lipinski definition) is 0. The Morgan fingerprint density at radius 3 is 2.72 bits per heavy atom. The zero-order valence-corrected chi connectivity index (χ0v) is 14.6. The number of nitrogens with zero attached hydrogens (tertiary/aromatic N) is 5. The maximum absolute atomic E-state index is 14.2. The van der Waals surface area contributed by atoms with Gasteiger partial charge in [0.15, 0.2) is 16.1 Å². The van der Waals surface area contributed by atoms with Crippen LogP contribution in [0.2, 0.25) is 0 Å². The third-order valence-corrected chi connectivity index (χ3v) is 6.14. The Kier molecular flexibility index (Phi) is 3.46. The molecule has 25 heavy (non-hydrogen) atoms. The fraction of sp³-hybridized carbons (Fsp3) is 0.118. The molecule has 0 bridgehead atoms. The van der Waals surface area contributed by atoms with Crippen molar-refractivity contribution in [1.29, 1.82) is 0 Å². The van der Waals surface area contributed by atoms with Crippen molar-refractivity contribution in [3.63, 3.8) is 0 Å². The third-order valence-electron chi connectivity index (χ3n) is 4.05. The van der Waals surface area contributed by atoms with Crippen LogP contribution in [0.3, 0.4) is 0 Å². The van der Waals surface area contributed by atoms with E-state index < -0.39 is 0 Å². The van der Waals surface area contributed by atoms with E-state index in [1.807, 2.05) is 22.8 Å². The van der Waals surface area contributed by atoms with Crippen molar-refractivity contribution in [3.05, 3.63) is 54.3 Å². The van der Waals surface area contributed by atoms with Gasteiger partial charge in [0.2, 0.25) is 0 Å². The summed E-state index contributed by atoms with van der Waals surface area (Å²) < 4.78 is 17.3. The first-order valence-electron chi connectivity index (χ1n) is 7.71. The molecule has 0 saturated carbocycles. The van der Waals surface area contributed by atoms with E-state index in [-0.39, 0.29) is 5.82 Å². The van der Waals surface area contributed by atoms with Crippen molar-refractivity contribution in [3.8, 4) is 11.4 Å².